The van der Waals surface area contributed by atoms with Crippen LogP contribution in [0.5, 0.6) is 0 Å². The molecule has 0 bridgehead atoms. The topological polar surface area (TPSA) is 41.3 Å². The zero-order chi connectivity index (χ0) is 19.7. The Balaban J connectivity index is 1.72. The van der Waals surface area contributed by atoms with Crippen molar-refractivity contribution in [1.29, 1.82) is 0 Å². The average molecular weight is 412 g/mol. The van der Waals surface area contributed by atoms with Crippen LogP contribution in [0, 0.1) is 5.92 Å². The number of nitrogens with one attached hydrogen (secondary N) is 1. The van der Waals surface area contributed by atoms with E-state index in [1.807, 2.05) is 60.8 Å². The third-order valence-electron chi connectivity index (χ3n) is 4.81. The second-order valence-corrected chi connectivity index (χ2v) is 8.20. The highest BCUT2D eigenvalue weighted by Gasteiger charge is 2.41. The number of aromatic nitrogens is 1. The molecule has 1 fully saturated rings. The summed E-state index contributed by atoms with van der Waals surface area (Å²) in [6, 6.07) is 17.5. The van der Waals surface area contributed by atoms with E-state index in [9.17, 15) is 0 Å². The van der Waals surface area contributed by atoms with Gasteiger partial charge in [0.15, 0.2) is 5.11 Å². The van der Waals surface area contributed by atoms with Crippen molar-refractivity contribution in [3.63, 3.8) is 0 Å². The van der Waals surface area contributed by atoms with E-state index >= 15 is 0 Å². The van der Waals surface area contributed by atoms with Crippen LogP contribution >= 0.6 is 23.8 Å². The summed E-state index contributed by atoms with van der Waals surface area (Å²) in [4.78, 5) is 6.77. The summed E-state index contributed by atoms with van der Waals surface area (Å²) >= 11 is 11.7. The lowest BCUT2D eigenvalue weighted by Crippen LogP contribution is -2.32. The molecule has 144 valence electrons. The van der Waals surface area contributed by atoms with Crippen molar-refractivity contribution in [3.8, 4) is 11.3 Å². The predicted octanol–water partition coefficient (Wildman–Crippen LogP) is 5.62. The van der Waals surface area contributed by atoms with Gasteiger partial charge >= 0.3 is 0 Å². The number of pyridine rings is 1. The summed E-state index contributed by atoms with van der Waals surface area (Å²) in [7, 11) is 0. The maximum atomic E-state index is 6.29. The van der Waals surface area contributed by atoms with Gasteiger partial charge in [-0.25, -0.2) is 0 Å². The van der Waals surface area contributed by atoms with E-state index in [1.165, 1.54) is 0 Å². The Morgan fingerprint density at radius 2 is 1.93 bits per heavy atom. The Bertz CT molecular complexity index is 955. The SMILES string of the molecule is CC(C)CN1C(=S)N[C@H](c2ccccn2)[C@H]1c1ccc(-c2ccc(Cl)cc2)o1. The minimum Gasteiger partial charge on any atom is -0.459 e. The predicted molar refractivity (Wildman–Crippen MR) is 116 cm³/mol. The van der Waals surface area contributed by atoms with E-state index in [-0.39, 0.29) is 12.1 Å². The fourth-order valence-electron chi connectivity index (χ4n) is 3.59. The first-order valence-electron chi connectivity index (χ1n) is 9.36. The Labute approximate surface area is 175 Å². The summed E-state index contributed by atoms with van der Waals surface area (Å²) in [5, 5.41) is 4.89. The first kappa shape index (κ1) is 19.0. The molecule has 1 saturated heterocycles. The maximum Gasteiger partial charge on any atom is 0.170 e. The largest absolute Gasteiger partial charge is 0.459 e. The van der Waals surface area contributed by atoms with Gasteiger partial charge in [0.25, 0.3) is 0 Å². The van der Waals surface area contributed by atoms with Crippen LogP contribution in [0.4, 0.5) is 0 Å². The van der Waals surface area contributed by atoms with Crippen LogP contribution < -0.4 is 5.32 Å². The zero-order valence-electron chi connectivity index (χ0n) is 15.8. The summed E-state index contributed by atoms with van der Waals surface area (Å²) in [5.41, 5.74) is 1.94. The number of thiocarbonyl (C=S) groups is 1. The normalized spacial score (nSPS) is 19.3. The van der Waals surface area contributed by atoms with Crippen LogP contribution in [-0.4, -0.2) is 21.5 Å². The highest BCUT2D eigenvalue weighted by atomic mass is 35.5. The Hall–Kier alpha value is -2.37. The lowest BCUT2D eigenvalue weighted by Gasteiger charge is -2.27. The molecule has 1 aliphatic heterocycles. The van der Waals surface area contributed by atoms with Crippen LogP contribution in [0.3, 0.4) is 0 Å². The number of hydrogen-bond acceptors (Lipinski definition) is 3. The van der Waals surface area contributed by atoms with Gasteiger partial charge in [-0.2, -0.15) is 0 Å². The number of nitrogens with zero attached hydrogens (tertiary/aromatic N) is 2. The molecule has 2 aromatic heterocycles. The van der Waals surface area contributed by atoms with Crippen molar-refractivity contribution in [3.05, 3.63) is 77.3 Å². The molecule has 6 heteroatoms. The van der Waals surface area contributed by atoms with Crippen molar-refractivity contribution in [2.24, 2.45) is 5.92 Å². The zero-order valence-corrected chi connectivity index (χ0v) is 17.4. The second kappa shape index (κ2) is 7.94. The molecule has 4 rings (SSSR count). The van der Waals surface area contributed by atoms with Gasteiger partial charge in [0.05, 0.1) is 11.7 Å². The average Bonchev–Trinajstić information content (AvgIpc) is 3.28. The highest BCUT2D eigenvalue weighted by molar-refractivity contribution is 7.80. The van der Waals surface area contributed by atoms with Crippen LogP contribution in [0.15, 0.2) is 65.2 Å². The molecule has 1 aliphatic rings. The quantitative estimate of drug-likeness (QED) is 0.551. The molecule has 0 spiro atoms. The van der Waals surface area contributed by atoms with Gasteiger partial charge in [-0.05, 0) is 66.7 Å². The van der Waals surface area contributed by atoms with Gasteiger partial charge in [0, 0.05) is 23.3 Å². The Morgan fingerprint density at radius 3 is 2.61 bits per heavy atom. The highest BCUT2D eigenvalue weighted by Crippen LogP contribution is 2.40. The van der Waals surface area contributed by atoms with E-state index in [1.54, 1.807) is 0 Å². The van der Waals surface area contributed by atoms with E-state index < -0.39 is 0 Å². The van der Waals surface area contributed by atoms with Crippen molar-refractivity contribution in [2.45, 2.75) is 25.9 Å². The van der Waals surface area contributed by atoms with Crippen molar-refractivity contribution >= 4 is 28.9 Å². The van der Waals surface area contributed by atoms with Gasteiger partial charge in [0.1, 0.15) is 17.6 Å². The summed E-state index contributed by atoms with van der Waals surface area (Å²) in [6.07, 6.45) is 1.81. The van der Waals surface area contributed by atoms with Crippen LogP contribution in [0.25, 0.3) is 11.3 Å². The number of hydrogen-bond donors (Lipinski definition) is 1. The minimum atomic E-state index is -0.0586. The van der Waals surface area contributed by atoms with Gasteiger partial charge in [-0.1, -0.05) is 31.5 Å². The molecule has 0 saturated carbocycles. The molecule has 1 aromatic carbocycles. The third-order valence-corrected chi connectivity index (χ3v) is 5.41. The van der Waals surface area contributed by atoms with Crippen LogP contribution in [-0.2, 0) is 0 Å². The minimum absolute atomic E-state index is 0.0501. The van der Waals surface area contributed by atoms with Crippen molar-refractivity contribution in [1.82, 2.24) is 15.2 Å². The third kappa shape index (κ3) is 3.77. The van der Waals surface area contributed by atoms with E-state index in [4.69, 9.17) is 28.2 Å². The molecule has 4 nitrogen and oxygen atoms in total. The molecule has 28 heavy (non-hydrogen) atoms. The molecule has 3 aromatic rings. The summed E-state index contributed by atoms with van der Waals surface area (Å²) < 4.78 is 6.29. The Kier molecular flexibility index (Phi) is 5.38. The Morgan fingerprint density at radius 1 is 1.14 bits per heavy atom. The summed E-state index contributed by atoms with van der Waals surface area (Å²) in [5.74, 6) is 2.15. The molecule has 2 atom stereocenters. The molecule has 1 N–H and O–H groups in total. The van der Waals surface area contributed by atoms with Crippen LogP contribution in [0.1, 0.15) is 37.4 Å². The van der Waals surface area contributed by atoms with Crippen molar-refractivity contribution < 1.29 is 4.42 Å². The van der Waals surface area contributed by atoms with E-state index in [2.05, 4.69) is 29.0 Å². The molecule has 3 heterocycles. The summed E-state index contributed by atoms with van der Waals surface area (Å²) in [6.45, 7) is 5.22. The molecule has 0 unspecified atom stereocenters. The maximum absolute atomic E-state index is 6.29. The van der Waals surface area contributed by atoms with E-state index in [0.717, 1.165) is 34.4 Å². The smallest absolute Gasteiger partial charge is 0.170 e. The molecule has 0 radical (unpaired) electrons. The lowest BCUT2D eigenvalue weighted by atomic mass is 10.0. The monoisotopic (exact) mass is 411 g/mol. The standard InChI is InChI=1S/C22H22ClN3OS/c1-14(2)13-26-21(20(25-22(26)28)17-5-3-4-12-24-17)19-11-10-18(27-19)15-6-8-16(23)9-7-15/h3-12,14,20-21H,13H2,1-2H3,(H,25,28)/t20-,21-/m1/s1. The molecular formula is C22H22ClN3OS. The number of benzene rings is 1. The first-order valence-corrected chi connectivity index (χ1v) is 10.2. The van der Waals surface area contributed by atoms with Gasteiger partial charge in [-0.15, -0.1) is 0 Å². The van der Waals surface area contributed by atoms with Crippen molar-refractivity contribution in [2.75, 3.05) is 6.54 Å². The number of furan rings is 1. The number of rotatable bonds is 5. The molecule has 0 amide bonds. The van der Waals surface area contributed by atoms with E-state index in [0.29, 0.717) is 10.9 Å². The molecular weight excluding hydrogens is 390 g/mol. The van der Waals surface area contributed by atoms with Gasteiger partial charge in [-0.3, -0.25) is 4.98 Å². The van der Waals surface area contributed by atoms with Gasteiger partial charge < -0.3 is 14.6 Å². The van der Waals surface area contributed by atoms with Gasteiger partial charge in [0.2, 0.25) is 0 Å². The number of halogens is 1. The fraction of sp³-hybridized carbons (Fsp3) is 0.273. The second-order valence-electron chi connectivity index (χ2n) is 7.38. The first-order chi connectivity index (χ1) is 13.5. The molecule has 0 aliphatic carbocycles. The van der Waals surface area contributed by atoms with Crippen LogP contribution in [0.2, 0.25) is 5.02 Å². The fourth-order valence-corrected chi connectivity index (χ4v) is 4.03. The lowest BCUT2D eigenvalue weighted by molar-refractivity contribution is 0.253.